The van der Waals surface area contributed by atoms with Crippen molar-refractivity contribution in [3.63, 3.8) is 0 Å². The number of hydrogen-bond donors (Lipinski definition) is 0. The van der Waals surface area contributed by atoms with Gasteiger partial charge in [-0.3, -0.25) is 9.69 Å². The van der Waals surface area contributed by atoms with Crippen molar-refractivity contribution in [2.45, 2.75) is 34.2 Å². The Kier molecular flexibility index (Phi) is 6.44. The zero-order chi connectivity index (χ0) is 24.5. The van der Waals surface area contributed by atoms with Gasteiger partial charge in [-0.1, -0.05) is 67.9 Å². The number of aryl methyl sites for hydroxylation is 2. The van der Waals surface area contributed by atoms with Gasteiger partial charge in [0.15, 0.2) is 0 Å². The molecule has 0 unspecified atom stereocenters. The summed E-state index contributed by atoms with van der Waals surface area (Å²) >= 11 is 0. The Morgan fingerprint density at radius 3 is 2.37 bits per heavy atom. The minimum absolute atomic E-state index is 0.0495. The fourth-order valence-electron chi connectivity index (χ4n) is 4.98. The number of rotatable bonds is 5. The first kappa shape index (κ1) is 23.3. The predicted octanol–water partition coefficient (Wildman–Crippen LogP) is 5.59. The molecule has 0 radical (unpaired) electrons. The summed E-state index contributed by atoms with van der Waals surface area (Å²) in [6, 6.07) is 21.4. The van der Waals surface area contributed by atoms with Gasteiger partial charge in [0.05, 0.1) is 11.4 Å². The second-order valence-electron chi connectivity index (χ2n) is 9.99. The van der Waals surface area contributed by atoms with Gasteiger partial charge in [-0.25, -0.2) is 4.98 Å². The van der Waals surface area contributed by atoms with Crippen molar-refractivity contribution in [2.75, 3.05) is 26.2 Å². The predicted molar refractivity (Wildman–Crippen MR) is 142 cm³/mol. The molecular formula is C30H34N4O. The van der Waals surface area contributed by atoms with Gasteiger partial charge >= 0.3 is 0 Å². The molecule has 2 aromatic heterocycles. The van der Waals surface area contributed by atoms with Crippen LogP contribution in [0.25, 0.3) is 28.0 Å². The van der Waals surface area contributed by atoms with Gasteiger partial charge in [0.1, 0.15) is 5.65 Å². The number of carbonyl (C=O) groups excluding carboxylic acids is 1. The van der Waals surface area contributed by atoms with Gasteiger partial charge in [-0.15, -0.1) is 0 Å². The topological polar surface area (TPSA) is 40.9 Å². The highest BCUT2D eigenvalue weighted by Crippen LogP contribution is 2.30. The van der Waals surface area contributed by atoms with Crippen LogP contribution >= 0.6 is 0 Å². The number of imidazole rings is 1. The fourth-order valence-corrected chi connectivity index (χ4v) is 4.98. The maximum atomic E-state index is 12.5. The highest BCUT2D eigenvalue weighted by atomic mass is 16.2. The van der Waals surface area contributed by atoms with Crippen LogP contribution in [0.4, 0.5) is 0 Å². The number of nitrogens with zero attached hydrogens (tertiary/aromatic N) is 4. The van der Waals surface area contributed by atoms with E-state index in [-0.39, 0.29) is 11.8 Å². The first-order valence-corrected chi connectivity index (χ1v) is 12.6. The van der Waals surface area contributed by atoms with Gasteiger partial charge < -0.3 is 9.30 Å². The van der Waals surface area contributed by atoms with Crippen molar-refractivity contribution in [1.29, 1.82) is 0 Å². The first-order chi connectivity index (χ1) is 16.9. The molecule has 5 heteroatoms. The van der Waals surface area contributed by atoms with Gasteiger partial charge in [0.25, 0.3) is 0 Å². The van der Waals surface area contributed by atoms with E-state index in [9.17, 15) is 4.79 Å². The van der Waals surface area contributed by atoms with Crippen LogP contribution in [-0.4, -0.2) is 51.3 Å². The number of hydrogen-bond acceptors (Lipinski definition) is 3. The summed E-state index contributed by atoms with van der Waals surface area (Å²) in [5.41, 5.74) is 9.31. The van der Waals surface area contributed by atoms with Crippen LogP contribution in [0.3, 0.4) is 0 Å². The summed E-state index contributed by atoms with van der Waals surface area (Å²) in [5.74, 6) is 0.302. The van der Waals surface area contributed by atoms with Crippen LogP contribution in [0.1, 0.15) is 30.7 Å². The normalized spacial score (nSPS) is 14.7. The van der Waals surface area contributed by atoms with E-state index in [0.29, 0.717) is 0 Å². The second-order valence-corrected chi connectivity index (χ2v) is 9.99. The minimum atomic E-state index is 0.0495. The van der Waals surface area contributed by atoms with Gasteiger partial charge in [0, 0.05) is 50.4 Å². The first-order valence-electron chi connectivity index (χ1n) is 12.6. The maximum absolute atomic E-state index is 12.5. The van der Waals surface area contributed by atoms with E-state index in [1.165, 1.54) is 27.9 Å². The van der Waals surface area contributed by atoms with Crippen LogP contribution < -0.4 is 0 Å². The smallest absolute Gasteiger partial charge is 0.225 e. The largest absolute Gasteiger partial charge is 0.340 e. The van der Waals surface area contributed by atoms with Crippen LogP contribution in [0.5, 0.6) is 0 Å². The molecule has 1 saturated heterocycles. The lowest BCUT2D eigenvalue weighted by Crippen LogP contribution is -2.49. The number of benzene rings is 2. The zero-order valence-electron chi connectivity index (χ0n) is 21.2. The molecule has 35 heavy (non-hydrogen) atoms. The van der Waals surface area contributed by atoms with Crippen LogP contribution in [0.15, 0.2) is 66.9 Å². The SMILES string of the molecule is Cc1ccc(C)c(-c2ccc3nc(-c4ccccc4)c(CN4CCN(C(=O)C(C)C)CC4)n3c2)c1. The van der Waals surface area contributed by atoms with E-state index >= 15 is 0 Å². The quantitative estimate of drug-likeness (QED) is 0.385. The lowest BCUT2D eigenvalue weighted by atomic mass is 10.00. The molecule has 0 aliphatic carbocycles. The van der Waals surface area contributed by atoms with E-state index in [1.54, 1.807) is 0 Å². The number of piperazine rings is 1. The highest BCUT2D eigenvalue weighted by Gasteiger charge is 2.25. The van der Waals surface area contributed by atoms with Crippen molar-refractivity contribution in [3.05, 3.63) is 83.7 Å². The Morgan fingerprint density at radius 2 is 1.66 bits per heavy atom. The second kappa shape index (κ2) is 9.67. The standard InChI is InChI=1S/C30H34N4O/c1-21(2)30(35)33-16-14-32(15-17-33)20-27-29(24-8-6-5-7-9-24)31-28-13-12-25(19-34(27)28)26-18-22(3)10-11-23(26)4/h5-13,18-19,21H,14-17,20H2,1-4H3. The molecule has 1 aliphatic rings. The number of aromatic nitrogens is 2. The Hall–Kier alpha value is -3.44. The van der Waals surface area contributed by atoms with E-state index in [2.05, 4.69) is 83.9 Å². The fraction of sp³-hybridized carbons (Fsp3) is 0.333. The molecule has 180 valence electrons. The van der Waals surface area contributed by atoms with Crippen LogP contribution in [0, 0.1) is 19.8 Å². The van der Waals surface area contributed by atoms with Gasteiger partial charge in [-0.05, 0) is 42.7 Å². The van der Waals surface area contributed by atoms with Crippen molar-refractivity contribution < 1.29 is 4.79 Å². The number of carbonyl (C=O) groups is 1. The zero-order valence-corrected chi connectivity index (χ0v) is 21.2. The van der Waals surface area contributed by atoms with Crippen LogP contribution in [0.2, 0.25) is 0 Å². The Labute approximate surface area is 208 Å². The molecule has 0 N–H and O–H groups in total. The number of fused-ring (bicyclic) bond motifs is 1. The molecule has 3 heterocycles. The molecule has 1 aliphatic heterocycles. The highest BCUT2D eigenvalue weighted by molar-refractivity contribution is 5.78. The molecule has 0 atom stereocenters. The van der Waals surface area contributed by atoms with Crippen molar-refractivity contribution >= 4 is 11.6 Å². The van der Waals surface area contributed by atoms with Crippen molar-refractivity contribution in [2.24, 2.45) is 5.92 Å². The van der Waals surface area contributed by atoms with E-state index in [1.807, 2.05) is 24.8 Å². The third kappa shape index (κ3) is 4.73. The monoisotopic (exact) mass is 466 g/mol. The summed E-state index contributed by atoms with van der Waals surface area (Å²) in [5, 5.41) is 0. The average molecular weight is 467 g/mol. The van der Waals surface area contributed by atoms with Crippen molar-refractivity contribution in [1.82, 2.24) is 19.2 Å². The molecule has 5 nitrogen and oxygen atoms in total. The molecule has 1 fully saturated rings. The van der Waals surface area contributed by atoms with Crippen molar-refractivity contribution in [3.8, 4) is 22.4 Å². The van der Waals surface area contributed by atoms with Gasteiger partial charge in [-0.2, -0.15) is 0 Å². The summed E-state index contributed by atoms with van der Waals surface area (Å²) in [4.78, 5) is 22.0. The molecule has 5 rings (SSSR count). The molecule has 0 bridgehead atoms. The summed E-state index contributed by atoms with van der Waals surface area (Å²) in [6.07, 6.45) is 2.24. The van der Waals surface area contributed by atoms with Crippen LogP contribution in [-0.2, 0) is 11.3 Å². The summed E-state index contributed by atoms with van der Waals surface area (Å²) in [7, 11) is 0. The van der Waals surface area contributed by atoms with E-state index < -0.39 is 0 Å². The molecule has 0 spiro atoms. The van der Waals surface area contributed by atoms with E-state index in [4.69, 9.17) is 4.98 Å². The molecule has 0 saturated carbocycles. The van der Waals surface area contributed by atoms with E-state index in [0.717, 1.165) is 49.6 Å². The Balaban J connectivity index is 1.52. The Bertz CT molecular complexity index is 1350. The number of pyridine rings is 1. The average Bonchev–Trinajstić information content (AvgIpc) is 3.23. The summed E-state index contributed by atoms with van der Waals surface area (Å²) in [6.45, 7) is 12.4. The Morgan fingerprint density at radius 1 is 0.914 bits per heavy atom. The lowest BCUT2D eigenvalue weighted by Gasteiger charge is -2.35. The molecular weight excluding hydrogens is 432 g/mol. The number of amides is 1. The lowest BCUT2D eigenvalue weighted by molar-refractivity contribution is -0.136. The third-order valence-corrected chi connectivity index (χ3v) is 7.02. The third-order valence-electron chi connectivity index (χ3n) is 7.02. The van der Waals surface area contributed by atoms with Gasteiger partial charge in [0.2, 0.25) is 5.91 Å². The molecule has 4 aromatic rings. The minimum Gasteiger partial charge on any atom is -0.340 e. The maximum Gasteiger partial charge on any atom is 0.225 e. The molecule has 1 amide bonds. The summed E-state index contributed by atoms with van der Waals surface area (Å²) < 4.78 is 2.27. The molecule has 2 aromatic carbocycles.